The largest absolute Gasteiger partial charge is 0.487 e. The fraction of sp³-hybridized carbons (Fsp3) is 0.200. The Morgan fingerprint density at radius 3 is 2.43 bits per heavy atom. The van der Waals surface area contributed by atoms with Crippen LogP contribution in [0.3, 0.4) is 0 Å². The van der Waals surface area contributed by atoms with Crippen molar-refractivity contribution in [2.45, 2.75) is 13.0 Å². The van der Waals surface area contributed by atoms with Crippen LogP contribution in [0.25, 0.3) is 0 Å². The average Bonchev–Trinajstić information content (AvgIpc) is 2.40. The van der Waals surface area contributed by atoms with Gasteiger partial charge >= 0.3 is 0 Å². The van der Waals surface area contributed by atoms with E-state index >= 15 is 0 Å². The standard InChI is InChI=1S/C15H13BrCl3NO/c16-11-2-1-10(13(18)6-11)8-21-15-9(3-4-20)5-12(17)7-14(15)19/h1-2,5-7H,3-4,8,20H2. The molecule has 0 aromatic heterocycles. The molecule has 112 valence electrons. The highest BCUT2D eigenvalue weighted by molar-refractivity contribution is 9.10. The maximum absolute atomic E-state index is 6.21. The molecular weight excluding hydrogens is 396 g/mol. The van der Waals surface area contributed by atoms with Gasteiger partial charge < -0.3 is 10.5 Å². The number of halogens is 4. The molecule has 2 rings (SSSR count). The first-order valence-corrected chi connectivity index (χ1v) is 8.18. The van der Waals surface area contributed by atoms with Crippen LogP contribution >= 0.6 is 50.7 Å². The second kappa shape index (κ2) is 7.70. The molecule has 0 amide bonds. The Kier molecular flexibility index (Phi) is 6.20. The summed E-state index contributed by atoms with van der Waals surface area (Å²) in [6, 6.07) is 9.11. The van der Waals surface area contributed by atoms with Crippen molar-refractivity contribution < 1.29 is 4.74 Å². The fourth-order valence-electron chi connectivity index (χ4n) is 1.91. The van der Waals surface area contributed by atoms with Crippen molar-refractivity contribution in [3.05, 3.63) is 61.0 Å². The molecule has 0 spiro atoms. The Bertz CT molecular complexity index is 649. The van der Waals surface area contributed by atoms with Crippen LogP contribution in [0, 0.1) is 0 Å². The molecule has 0 heterocycles. The van der Waals surface area contributed by atoms with E-state index in [1.807, 2.05) is 24.3 Å². The van der Waals surface area contributed by atoms with Gasteiger partial charge in [0.25, 0.3) is 0 Å². The first kappa shape index (κ1) is 16.9. The Balaban J connectivity index is 2.23. The van der Waals surface area contributed by atoms with E-state index in [-0.39, 0.29) is 0 Å². The van der Waals surface area contributed by atoms with Crippen LogP contribution in [0.15, 0.2) is 34.8 Å². The van der Waals surface area contributed by atoms with Crippen molar-refractivity contribution in [1.29, 1.82) is 0 Å². The number of nitrogens with two attached hydrogens (primary N) is 1. The van der Waals surface area contributed by atoms with E-state index in [9.17, 15) is 0 Å². The van der Waals surface area contributed by atoms with Crippen molar-refractivity contribution in [3.63, 3.8) is 0 Å². The predicted molar refractivity (Wildman–Crippen MR) is 92.7 cm³/mol. The van der Waals surface area contributed by atoms with Gasteiger partial charge in [-0.15, -0.1) is 0 Å². The molecule has 0 atom stereocenters. The zero-order chi connectivity index (χ0) is 15.4. The summed E-state index contributed by atoms with van der Waals surface area (Å²) in [5.74, 6) is 0.602. The molecule has 0 radical (unpaired) electrons. The third-order valence-electron chi connectivity index (χ3n) is 2.89. The third-order valence-corrected chi connectivity index (χ3v) is 4.23. The van der Waals surface area contributed by atoms with Gasteiger partial charge in [-0.05, 0) is 42.8 Å². The number of benzene rings is 2. The fourth-order valence-corrected chi connectivity index (χ4v) is 3.22. The van der Waals surface area contributed by atoms with E-state index in [1.54, 1.807) is 6.07 Å². The monoisotopic (exact) mass is 407 g/mol. The Morgan fingerprint density at radius 1 is 1.00 bits per heavy atom. The lowest BCUT2D eigenvalue weighted by Crippen LogP contribution is -2.06. The smallest absolute Gasteiger partial charge is 0.141 e. The summed E-state index contributed by atoms with van der Waals surface area (Å²) in [6.45, 7) is 0.817. The van der Waals surface area contributed by atoms with E-state index < -0.39 is 0 Å². The van der Waals surface area contributed by atoms with E-state index in [0.717, 1.165) is 15.6 Å². The molecule has 2 N–H and O–H groups in total. The molecule has 0 saturated heterocycles. The minimum atomic E-state index is 0.324. The first-order valence-electron chi connectivity index (χ1n) is 6.26. The highest BCUT2D eigenvalue weighted by atomic mass is 79.9. The Labute approximate surface area is 147 Å². The zero-order valence-corrected chi connectivity index (χ0v) is 14.9. The molecule has 2 nitrogen and oxygen atoms in total. The van der Waals surface area contributed by atoms with Crippen molar-refractivity contribution in [2.75, 3.05) is 6.54 Å². The molecule has 0 aliphatic heterocycles. The van der Waals surface area contributed by atoms with Gasteiger partial charge in [-0.3, -0.25) is 0 Å². The average molecular weight is 410 g/mol. The lowest BCUT2D eigenvalue weighted by molar-refractivity contribution is 0.303. The van der Waals surface area contributed by atoms with Gasteiger partial charge in [-0.1, -0.05) is 56.8 Å². The minimum absolute atomic E-state index is 0.324. The summed E-state index contributed by atoms with van der Waals surface area (Å²) in [4.78, 5) is 0. The van der Waals surface area contributed by atoms with Crippen molar-refractivity contribution in [2.24, 2.45) is 5.73 Å². The lowest BCUT2D eigenvalue weighted by atomic mass is 10.1. The molecule has 0 aliphatic rings. The predicted octanol–water partition coefficient (Wildman–Crippen LogP) is 5.49. The number of ether oxygens (including phenoxy) is 1. The van der Waals surface area contributed by atoms with Crippen LogP contribution in [0.5, 0.6) is 5.75 Å². The van der Waals surface area contributed by atoms with Gasteiger partial charge in [0.05, 0.1) is 5.02 Å². The summed E-state index contributed by atoms with van der Waals surface area (Å²) < 4.78 is 6.76. The van der Waals surface area contributed by atoms with Crippen LogP contribution in [0.4, 0.5) is 0 Å². The lowest BCUT2D eigenvalue weighted by Gasteiger charge is -2.14. The maximum atomic E-state index is 6.21. The maximum Gasteiger partial charge on any atom is 0.141 e. The molecule has 0 fully saturated rings. The van der Waals surface area contributed by atoms with Crippen LogP contribution < -0.4 is 10.5 Å². The zero-order valence-electron chi connectivity index (χ0n) is 11.0. The van der Waals surface area contributed by atoms with E-state index in [0.29, 0.717) is 40.4 Å². The molecule has 0 unspecified atom stereocenters. The quantitative estimate of drug-likeness (QED) is 0.709. The molecule has 6 heteroatoms. The summed E-state index contributed by atoms with van der Waals surface area (Å²) >= 11 is 21.8. The summed E-state index contributed by atoms with van der Waals surface area (Å²) in [5.41, 5.74) is 7.38. The van der Waals surface area contributed by atoms with Crippen molar-refractivity contribution in [1.82, 2.24) is 0 Å². The van der Waals surface area contributed by atoms with Crippen molar-refractivity contribution in [3.8, 4) is 5.75 Å². The van der Waals surface area contributed by atoms with Gasteiger partial charge in [0.2, 0.25) is 0 Å². The van der Waals surface area contributed by atoms with Gasteiger partial charge in [0, 0.05) is 20.1 Å². The highest BCUT2D eigenvalue weighted by Gasteiger charge is 2.11. The summed E-state index contributed by atoms with van der Waals surface area (Å²) in [7, 11) is 0. The Hall–Kier alpha value is -0.450. The number of hydrogen-bond acceptors (Lipinski definition) is 2. The summed E-state index contributed by atoms with van der Waals surface area (Å²) in [5, 5.41) is 1.67. The van der Waals surface area contributed by atoms with Crippen LogP contribution in [-0.4, -0.2) is 6.54 Å². The molecule has 2 aromatic carbocycles. The topological polar surface area (TPSA) is 35.2 Å². The van der Waals surface area contributed by atoms with Gasteiger partial charge in [-0.2, -0.15) is 0 Å². The normalized spacial score (nSPS) is 10.7. The van der Waals surface area contributed by atoms with Gasteiger partial charge in [0.15, 0.2) is 0 Å². The Morgan fingerprint density at radius 2 is 1.76 bits per heavy atom. The molecule has 0 aliphatic carbocycles. The van der Waals surface area contributed by atoms with E-state index in [4.69, 9.17) is 45.3 Å². The molecule has 0 saturated carbocycles. The summed E-state index contributed by atoms with van der Waals surface area (Å²) in [6.07, 6.45) is 0.643. The van der Waals surface area contributed by atoms with E-state index in [2.05, 4.69) is 15.9 Å². The highest BCUT2D eigenvalue weighted by Crippen LogP contribution is 2.34. The second-order valence-corrected chi connectivity index (χ2v) is 6.61. The third kappa shape index (κ3) is 4.51. The minimum Gasteiger partial charge on any atom is -0.487 e. The van der Waals surface area contributed by atoms with E-state index in [1.165, 1.54) is 0 Å². The second-order valence-electron chi connectivity index (χ2n) is 4.44. The van der Waals surface area contributed by atoms with Crippen LogP contribution in [-0.2, 0) is 13.0 Å². The first-order chi connectivity index (χ1) is 10.0. The molecule has 2 aromatic rings. The van der Waals surface area contributed by atoms with Gasteiger partial charge in [-0.25, -0.2) is 0 Å². The number of rotatable bonds is 5. The molecular formula is C15H13BrCl3NO. The van der Waals surface area contributed by atoms with Gasteiger partial charge in [0.1, 0.15) is 12.4 Å². The SMILES string of the molecule is NCCc1cc(Cl)cc(Cl)c1OCc1ccc(Br)cc1Cl. The van der Waals surface area contributed by atoms with Crippen molar-refractivity contribution >= 4 is 50.7 Å². The van der Waals surface area contributed by atoms with Crippen LogP contribution in [0.1, 0.15) is 11.1 Å². The molecule has 0 bridgehead atoms. The number of hydrogen-bond donors (Lipinski definition) is 1. The van der Waals surface area contributed by atoms with Crippen LogP contribution in [0.2, 0.25) is 15.1 Å². The molecule has 21 heavy (non-hydrogen) atoms.